The Morgan fingerprint density at radius 2 is 2.15 bits per heavy atom. The first-order valence-corrected chi connectivity index (χ1v) is 6.49. The van der Waals surface area contributed by atoms with E-state index in [9.17, 15) is 4.79 Å². The van der Waals surface area contributed by atoms with Crippen molar-refractivity contribution >= 4 is 0 Å². The summed E-state index contributed by atoms with van der Waals surface area (Å²) in [7, 11) is 0. The number of ether oxygens (including phenoxy) is 1. The molecule has 0 radical (unpaired) electrons. The van der Waals surface area contributed by atoms with Crippen LogP contribution in [0.3, 0.4) is 0 Å². The van der Waals surface area contributed by atoms with Crippen molar-refractivity contribution in [3.05, 3.63) is 52.7 Å². The Balaban J connectivity index is 1.97. The van der Waals surface area contributed by atoms with E-state index in [0.29, 0.717) is 18.9 Å². The largest absolute Gasteiger partial charge is 0.490 e. The van der Waals surface area contributed by atoms with Crippen LogP contribution in [0.4, 0.5) is 0 Å². The Bertz CT molecular complexity index is 596. The zero-order chi connectivity index (χ0) is 14.4. The molecule has 0 saturated carbocycles. The van der Waals surface area contributed by atoms with Crippen molar-refractivity contribution < 1.29 is 4.74 Å². The molecule has 0 aliphatic heterocycles. The van der Waals surface area contributed by atoms with Crippen LogP contribution in [0.1, 0.15) is 12.5 Å². The van der Waals surface area contributed by atoms with Gasteiger partial charge in [0.15, 0.2) is 0 Å². The second kappa shape index (κ2) is 6.81. The number of aryl methyl sites for hydroxylation is 2. The average Bonchev–Trinajstić information content (AvgIpc) is 2.45. The maximum Gasteiger partial charge on any atom is 0.270 e. The summed E-state index contributed by atoms with van der Waals surface area (Å²) in [5.41, 5.74) is 6.52. The summed E-state index contributed by atoms with van der Waals surface area (Å²) in [6.45, 7) is 2.72. The maximum atomic E-state index is 11.9. The van der Waals surface area contributed by atoms with Crippen LogP contribution in [0.25, 0.3) is 0 Å². The third-order valence-electron chi connectivity index (χ3n) is 2.72. The molecule has 2 heterocycles. The third-order valence-corrected chi connectivity index (χ3v) is 2.72. The van der Waals surface area contributed by atoms with Gasteiger partial charge in [0.2, 0.25) is 0 Å². The van der Waals surface area contributed by atoms with Crippen molar-refractivity contribution in [2.45, 2.75) is 25.9 Å². The predicted molar refractivity (Wildman–Crippen MR) is 75.6 cm³/mol. The summed E-state index contributed by atoms with van der Waals surface area (Å²) >= 11 is 0. The van der Waals surface area contributed by atoms with E-state index in [2.05, 4.69) is 10.1 Å². The number of rotatable bonds is 6. The molecule has 0 bridgehead atoms. The highest BCUT2D eigenvalue weighted by atomic mass is 16.5. The SMILES string of the molecule is CC(N)COc1cnn(CCc2ccncc2)c(=O)c1. The molecule has 1 atom stereocenters. The monoisotopic (exact) mass is 274 g/mol. The van der Waals surface area contributed by atoms with Gasteiger partial charge in [-0.15, -0.1) is 0 Å². The molecular weight excluding hydrogens is 256 g/mol. The minimum atomic E-state index is -0.179. The Kier molecular flexibility index (Phi) is 4.84. The van der Waals surface area contributed by atoms with Gasteiger partial charge in [-0.1, -0.05) is 0 Å². The molecule has 20 heavy (non-hydrogen) atoms. The molecule has 0 spiro atoms. The fourth-order valence-electron chi connectivity index (χ4n) is 1.68. The number of aromatic nitrogens is 3. The van der Waals surface area contributed by atoms with Crippen molar-refractivity contribution in [1.29, 1.82) is 0 Å². The molecule has 0 saturated heterocycles. The van der Waals surface area contributed by atoms with Gasteiger partial charge in [-0.05, 0) is 31.0 Å². The second-order valence-corrected chi connectivity index (χ2v) is 4.65. The van der Waals surface area contributed by atoms with E-state index in [1.807, 2.05) is 19.1 Å². The van der Waals surface area contributed by atoms with Gasteiger partial charge in [-0.25, -0.2) is 4.68 Å². The van der Waals surface area contributed by atoms with Crippen LogP contribution in [-0.2, 0) is 13.0 Å². The lowest BCUT2D eigenvalue weighted by Crippen LogP contribution is -2.26. The highest BCUT2D eigenvalue weighted by molar-refractivity contribution is 5.14. The van der Waals surface area contributed by atoms with E-state index in [4.69, 9.17) is 10.5 Å². The average molecular weight is 274 g/mol. The van der Waals surface area contributed by atoms with Gasteiger partial charge < -0.3 is 10.5 Å². The number of hydrogen-bond donors (Lipinski definition) is 1. The highest BCUT2D eigenvalue weighted by Crippen LogP contribution is 2.04. The van der Waals surface area contributed by atoms with Gasteiger partial charge in [-0.2, -0.15) is 5.10 Å². The van der Waals surface area contributed by atoms with Crippen LogP contribution in [0.15, 0.2) is 41.6 Å². The zero-order valence-corrected chi connectivity index (χ0v) is 11.4. The minimum absolute atomic E-state index is 0.0795. The van der Waals surface area contributed by atoms with Crippen molar-refractivity contribution in [2.75, 3.05) is 6.61 Å². The first-order chi connectivity index (χ1) is 9.65. The molecule has 0 amide bonds. The molecule has 0 fully saturated rings. The standard InChI is InChI=1S/C14H18N4O2/c1-11(15)10-20-13-8-14(19)18(17-9-13)7-4-12-2-5-16-6-3-12/h2-3,5-6,8-9,11H,4,7,10,15H2,1H3. The van der Waals surface area contributed by atoms with Gasteiger partial charge in [0.1, 0.15) is 12.4 Å². The molecule has 0 aliphatic carbocycles. The molecule has 106 valence electrons. The smallest absolute Gasteiger partial charge is 0.270 e. The summed E-state index contributed by atoms with van der Waals surface area (Å²) < 4.78 is 6.77. The lowest BCUT2D eigenvalue weighted by molar-refractivity contribution is 0.292. The number of nitrogens with zero attached hydrogens (tertiary/aromatic N) is 3. The van der Waals surface area contributed by atoms with Crippen LogP contribution >= 0.6 is 0 Å². The lowest BCUT2D eigenvalue weighted by atomic mass is 10.2. The fourth-order valence-corrected chi connectivity index (χ4v) is 1.68. The van der Waals surface area contributed by atoms with Crippen molar-refractivity contribution in [1.82, 2.24) is 14.8 Å². The Morgan fingerprint density at radius 3 is 2.80 bits per heavy atom. The molecule has 6 heteroatoms. The van der Waals surface area contributed by atoms with Gasteiger partial charge in [-0.3, -0.25) is 9.78 Å². The van der Waals surface area contributed by atoms with E-state index in [-0.39, 0.29) is 11.6 Å². The minimum Gasteiger partial charge on any atom is -0.490 e. The predicted octanol–water partition coefficient (Wildman–Crippen LogP) is 0.607. The van der Waals surface area contributed by atoms with Crippen LogP contribution in [-0.4, -0.2) is 27.4 Å². The Hall–Kier alpha value is -2.21. The molecule has 0 aromatic carbocycles. The molecular formula is C14H18N4O2. The maximum absolute atomic E-state index is 11.9. The summed E-state index contributed by atoms with van der Waals surface area (Å²) in [4.78, 5) is 15.8. The molecule has 1 unspecified atom stereocenters. The number of hydrogen-bond acceptors (Lipinski definition) is 5. The van der Waals surface area contributed by atoms with Crippen LogP contribution in [0.5, 0.6) is 5.75 Å². The lowest BCUT2D eigenvalue weighted by Gasteiger charge is -2.09. The fraction of sp³-hybridized carbons (Fsp3) is 0.357. The summed E-state index contributed by atoms with van der Waals surface area (Å²) in [6.07, 6.45) is 5.73. The number of pyridine rings is 1. The second-order valence-electron chi connectivity index (χ2n) is 4.65. The van der Waals surface area contributed by atoms with Gasteiger partial charge >= 0.3 is 0 Å². The van der Waals surface area contributed by atoms with Gasteiger partial charge in [0.05, 0.1) is 6.20 Å². The topological polar surface area (TPSA) is 83.0 Å². The van der Waals surface area contributed by atoms with Gasteiger partial charge in [0, 0.05) is 31.0 Å². The molecule has 2 N–H and O–H groups in total. The summed E-state index contributed by atoms with van der Waals surface area (Å²) in [5, 5.41) is 4.09. The van der Waals surface area contributed by atoms with Crippen molar-refractivity contribution in [2.24, 2.45) is 5.73 Å². The molecule has 2 aromatic rings. The van der Waals surface area contributed by atoms with E-state index in [0.717, 1.165) is 12.0 Å². The van der Waals surface area contributed by atoms with Crippen molar-refractivity contribution in [3.8, 4) is 5.75 Å². The third kappa shape index (κ3) is 4.17. The molecule has 0 aliphatic rings. The van der Waals surface area contributed by atoms with Crippen LogP contribution < -0.4 is 16.0 Å². The van der Waals surface area contributed by atoms with E-state index < -0.39 is 0 Å². The van der Waals surface area contributed by atoms with Gasteiger partial charge in [0.25, 0.3) is 5.56 Å². The quantitative estimate of drug-likeness (QED) is 0.834. The molecule has 6 nitrogen and oxygen atoms in total. The van der Waals surface area contributed by atoms with E-state index in [1.54, 1.807) is 12.4 Å². The molecule has 2 aromatic heterocycles. The molecule has 2 rings (SSSR count). The zero-order valence-electron chi connectivity index (χ0n) is 11.4. The Labute approximate surface area is 117 Å². The number of nitrogens with two attached hydrogens (primary N) is 1. The van der Waals surface area contributed by atoms with Crippen molar-refractivity contribution in [3.63, 3.8) is 0 Å². The van der Waals surface area contributed by atoms with Crippen LogP contribution in [0, 0.1) is 0 Å². The first-order valence-electron chi connectivity index (χ1n) is 6.49. The highest BCUT2D eigenvalue weighted by Gasteiger charge is 2.03. The van der Waals surface area contributed by atoms with E-state index >= 15 is 0 Å². The van der Waals surface area contributed by atoms with Crippen LogP contribution in [0.2, 0.25) is 0 Å². The first kappa shape index (κ1) is 14.2. The normalized spacial score (nSPS) is 12.1. The summed E-state index contributed by atoms with van der Waals surface area (Å²) in [5.74, 6) is 0.451. The Morgan fingerprint density at radius 1 is 1.40 bits per heavy atom. The summed E-state index contributed by atoms with van der Waals surface area (Å²) in [6, 6.07) is 5.20. The van der Waals surface area contributed by atoms with E-state index in [1.165, 1.54) is 16.9 Å².